The fraction of sp³-hybridized carbons (Fsp3) is 0.560. The molecule has 0 aromatic heterocycles. The maximum Gasteiger partial charge on any atom is 0.416 e. The lowest BCUT2D eigenvalue weighted by Crippen LogP contribution is -2.51. The van der Waals surface area contributed by atoms with Gasteiger partial charge >= 0.3 is 6.18 Å². The normalized spacial score (nSPS) is 21.6. The van der Waals surface area contributed by atoms with Crippen LogP contribution >= 0.6 is 0 Å². The fourth-order valence-electron chi connectivity index (χ4n) is 4.59. The van der Waals surface area contributed by atoms with Crippen LogP contribution in [0.2, 0.25) is 0 Å². The molecule has 2 heterocycles. The average Bonchev–Trinajstić information content (AvgIpc) is 2.82. The monoisotopic (exact) mass is 511 g/mol. The number of amides is 1. The van der Waals surface area contributed by atoms with Crippen LogP contribution in [0.3, 0.4) is 0 Å². The molecule has 3 rings (SSSR count). The summed E-state index contributed by atoms with van der Waals surface area (Å²) in [6.45, 7) is 6.35. The Hall–Kier alpha value is -2.92. The third-order valence-corrected chi connectivity index (χ3v) is 7.03. The number of benzene rings is 1. The first-order chi connectivity index (χ1) is 16.9. The minimum atomic E-state index is -4.57. The molecule has 8 nitrogen and oxygen atoms in total. The number of likely N-dealkylation sites (tertiary alicyclic amines) is 2. The highest BCUT2D eigenvalue weighted by atomic mass is 19.4. The van der Waals surface area contributed by atoms with Crippen LogP contribution in [0, 0.1) is 0 Å². The van der Waals surface area contributed by atoms with E-state index in [0.717, 1.165) is 31.5 Å². The number of rotatable bonds is 6. The van der Waals surface area contributed by atoms with E-state index in [-0.39, 0.29) is 29.3 Å². The first-order valence-corrected chi connectivity index (χ1v) is 12.1. The number of aliphatic hydroxyl groups is 1. The van der Waals surface area contributed by atoms with E-state index < -0.39 is 17.5 Å². The van der Waals surface area contributed by atoms with Gasteiger partial charge in [0.25, 0.3) is 0 Å². The maximum atomic E-state index is 12.9. The summed E-state index contributed by atoms with van der Waals surface area (Å²) in [7, 11) is 0. The molecule has 1 unspecified atom stereocenters. The van der Waals surface area contributed by atoms with Gasteiger partial charge in [0.1, 0.15) is 5.75 Å². The number of halogens is 3. The van der Waals surface area contributed by atoms with Gasteiger partial charge in [-0.15, -0.1) is 0 Å². The Bertz CT molecular complexity index is 1020. The second-order valence-corrected chi connectivity index (χ2v) is 9.64. The van der Waals surface area contributed by atoms with Crippen LogP contribution < -0.4 is 16.8 Å². The maximum absolute atomic E-state index is 12.9. The lowest BCUT2D eigenvalue weighted by molar-refractivity contribution is -0.137. The molecule has 0 saturated carbocycles. The second-order valence-electron chi connectivity index (χ2n) is 9.64. The van der Waals surface area contributed by atoms with Crippen molar-refractivity contribution in [2.45, 2.75) is 57.9 Å². The molecule has 0 aliphatic carbocycles. The van der Waals surface area contributed by atoms with Crippen LogP contribution in [0.15, 0.2) is 35.2 Å². The fourth-order valence-corrected chi connectivity index (χ4v) is 4.59. The molecular formula is C25H36F3N5O3. The molecule has 36 heavy (non-hydrogen) atoms. The first-order valence-electron chi connectivity index (χ1n) is 12.1. The number of nitrogens with two attached hydrogens (primary N) is 2. The number of carbonyl (C=O) groups excluding carboxylic acids is 1. The lowest BCUT2D eigenvalue weighted by atomic mass is 9.99. The molecule has 2 aliphatic heterocycles. The molecule has 7 N–H and O–H groups in total. The molecule has 2 aliphatic rings. The van der Waals surface area contributed by atoms with E-state index in [9.17, 15) is 28.2 Å². The van der Waals surface area contributed by atoms with Gasteiger partial charge in [-0.25, -0.2) is 0 Å². The Morgan fingerprint density at radius 3 is 2.39 bits per heavy atom. The van der Waals surface area contributed by atoms with Crippen molar-refractivity contribution in [2.75, 3.05) is 32.7 Å². The average molecular weight is 512 g/mol. The number of aliphatic hydroxyl groups excluding tert-OH is 1. The van der Waals surface area contributed by atoms with Crippen molar-refractivity contribution in [3.63, 3.8) is 0 Å². The number of aromatic hydroxyl groups is 1. The largest absolute Gasteiger partial charge is 0.507 e. The van der Waals surface area contributed by atoms with Crippen LogP contribution in [-0.4, -0.2) is 70.8 Å². The number of nitrogens with one attached hydrogen (secondary N) is 1. The highest BCUT2D eigenvalue weighted by molar-refractivity contribution is 5.78. The predicted octanol–water partition coefficient (Wildman–Crippen LogP) is 2.33. The Morgan fingerprint density at radius 1 is 1.11 bits per heavy atom. The van der Waals surface area contributed by atoms with E-state index in [1.165, 1.54) is 0 Å². The van der Waals surface area contributed by atoms with Crippen LogP contribution in [0.5, 0.6) is 5.75 Å². The van der Waals surface area contributed by atoms with E-state index in [4.69, 9.17) is 11.5 Å². The number of allylic oxidation sites excluding steroid dienone is 2. The molecule has 200 valence electrons. The van der Waals surface area contributed by atoms with E-state index in [2.05, 4.69) is 10.2 Å². The molecule has 0 bridgehead atoms. The van der Waals surface area contributed by atoms with Crippen LogP contribution in [-0.2, 0) is 11.0 Å². The van der Waals surface area contributed by atoms with Crippen molar-refractivity contribution >= 4 is 11.6 Å². The highest BCUT2D eigenvalue weighted by Gasteiger charge is 2.31. The minimum absolute atomic E-state index is 0.0122. The Kier molecular flexibility index (Phi) is 8.78. The zero-order valence-corrected chi connectivity index (χ0v) is 20.7. The smallest absolute Gasteiger partial charge is 0.416 e. The molecule has 1 amide bonds. The molecule has 0 spiro atoms. The minimum Gasteiger partial charge on any atom is -0.507 e. The van der Waals surface area contributed by atoms with E-state index >= 15 is 0 Å². The number of carbonyl (C=O) groups is 1. The lowest BCUT2D eigenvalue weighted by Gasteiger charge is -2.36. The third-order valence-electron chi connectivity index (χ3n) is 7.03. The van der Waals surface area contributed by atoms with Gasteiger partial charge in [0.2, 0.25) is 5.91 Å². The predicted molar refractivity (Wildman–Crippen MR) is 131 cm³/mol. The number of phenols is 1. The van der Waals surface area contributed by atoms with Gasteiger partial charge in [-0.05, 0) is 75.4 Å². The quantitative estimate of drug-likeness (QED) is 0.371. The Labute approximate surface area is 209 Å². The summed E-state index contributed by atoms with van der Waals surface area (Å²) < 4.78 is 38.7. The summed E-state index contributed by atoms with van der Waals surface area (Å²) in [5.41, 5.74) is 12.9. The van der Waals surface area contributed by atoms with Gasteiger partial charge < -0.3 is 31.9 Å². The van der Waals surface area contributed by atoms with Crippen LogP contribution in [0.25, 0.3) is 5.70 Å². The van der Waals surface area contributed by atoms with Crippen molar-refractivity contribution in [3.8, 4) is 5.75 Å². The van der Waals surface area contributed by atoms with Gasteiger partial charge in [0.15, 0.2) is 0 Å². The topological polar surface area (TPSA) is 128 Å². The van der Waals surface area contributed by atoms with Gasteiger partial charge in [-0.2, -0.15) is 13.2 Å². The van der Waals surface area contributed by atoms with Crippen LogP contribution in [0.4, 0.5) is 13.2 Å². The molecule has 2 saturated heterocycles. The molecule has 1 aromatic rings. The molecule has 1 aromatic carbocycles. The van der Waals surface area contributed by atoms with Crippen molar-refractivity contribution in [1.82, 2.24) is 15.1 Å². The highest BCUT2D eigenvalue weighted by Crippen LogP contribution is 2.35. The number of alkyl halides is 3. The Balaban J connectivity index is 1.65. The number of hydrogen-bond acceptors (Lipinski definition) is 7. The number of nitrogens with zero attached hydrogens (tertiary/aromatic N) is 2. The molecule has 0 radical (unpaired) electrons. The summed E-state index contributed by atoms with van der Waals surface area (Å²) in [6, 6.07) is 2.69. The summed E-state index contributed by atoms with van der Waals surface area (Å²) in [6.07, 6.45) is -1.92. The number of phenolic OH excluding ortho intramolecular Hbond substituents is 1. The van der Waals surface area contributed by atoms with Crippen molar-refractivity contribution in [2.24, 2.45) is 11.5 Å². The summed E-state index contributed by atoms with van der Waals surface area (Å²) in [5, 5.41) is 23.1. The Morgan fingerprint density at radius 2 is 1.78 bits per heavy atom. The van der Waals surface area contributed by atoms with Gasteiger partial charge in [0, 0.05) is 36.9 Å². The molecule has 2 fully saturated rings. The van der Waals surface area contributed by atoms with Gasteiger partial charge in [-0.3, -0.25) is 9.69 Å². The van der Waals surface area contributed by atoms with E-state index in [1.54, 1.807) is 18.7 Å². The summed E-state index contributed by atoms with van der Waals surface area (Å²) >= 11 is 0. The molecule has 11 heteroatoms. The second kappa shape index (κ2) is 11.4. The van der Waals surface area contributed by atoms with Crippen LogP contribution in [0.1, 0.15) is 50.7 Å². The number of piperidine rings is 2. The zero-order chi connectivity index (χ0) is 26.6. The van der Waals surface area contributed by atoms with Gasteiger partial charge in [-0.1, -0.05) is 0 Å². The summed E-state index contributed by atoms with van der Waals surface area (Å²) in [5.74, 6) is -0.119. The third kappa shape index (κ3) is 6.85. The van der Waals surface area contributed by atoms with E-state index in [1.807, 2.05) is 0 Å². The van der Waals surface area contributed by atoms with Crippen molar-refractivity contribution in [3.05, 3.63) is 46.3 Å². The SMILES string of the molecule is CC(=C(/N)c1ccc(C(F)(F)F)cc1O)/C(C)=C(\N)NC1CCCN(CC(=O)N2CCC(O)CC2)C1. The van der Waals surface area contributed by atoms with Crippen molar-refractivity contribution in [1.29, 1.82) is 0 Å². The first kappa shape index (κ1) is 27.7. The standard InChI is InChI=1S/C25H36F3N5O3/c1-15(23(29)20-6-5-17(12-21(20)35)25(26,27)28)16(2)24(30)31-18-4-3-9-32(13-18)14-22(36)33-10-7-19(34)8-11-33/h5-6,12,18-19,31,34-35H,3-4,7-11,13-14,29-30H2,1-2H3/b23-15-,24-16+. The van der Waals surface area contributed by atoms with Gasteiger partial charge in [0.05, 0.1) is 24.0 Å². The zero-order valence-electron chi connectivity index (χ0n) is 20.7. The summed E-state index contributed by atoms with van der Waals surface area (Å²) in [4.78, 5) is 16.6. The van der Waals surface area contributed by atoms with E-state index in [0.29, 0.717) is 62.1 Å². The molecular weight excluding hydrogens is 475 g/mol. The molecule has 1 atom stereocenters. The number of hydrogen-bond donors (Lipinski definition) is 5. The van der Waals surface area contributed by atoms with Crippen molar-refractivity contribution < 1.29 is 28.2 Å².